The molecule has 4 nitrogen and oxygen atoms in total. The van der Waals surface area contributed by atoms with Gasteiger partial charge in [-0.1, -0.05) is 18.5 Å². The van der Waals surface area contributed by atoms with E-state index in [4.69, 9.17) is 11.6 Å². The predicted molar refractivity (Wildman–Crippen MR) is 111 cm³/mol. The van der Waals surface area contributed by atoms with Crippen LogP contribution in [0.1, 0.15) is 42.6 Å². The molecule has 2 aromatic carbocycles. The summed E-state index contributed by atoms with van der Waals surface area (Å²) in [7, 11) is 0. The largest absolute Gasteiger partial charge is 0.349 e. The van der Waals surface area contributed by atoms with Gasteiger partial charge in [0, 0.05) is 22.7 Å². The standard InChI is InChI=1S/C23H23ClFN3O/c1-2-19(27-23(29)13-3-5-14(24)6-4-13)22-17-10-16(11-18(17)22)28-12-26-20-8-7-15(25)9-21(20)28/h3-9,12,16-19,22H,2,10-11H2,1H3,(H,27,29)/t16-,17-,18+,19-,22+/m1/s1. The highest BCUT2D eigenvalue weighted by Gasteiger charge is 2.59. The number of rotatable bonds is 5. The topological polar surface area (TPSA) is 46.9 Å². The van der Waals surface area contributed by atoms with Crippen molar-refractivity contribution in [1.82, 2.24) is 14.9 Å². The van der Waals surface area contributed by atoms with Gasteiger partial charge >= 0.3 is 0 Å². The maximum absolute atomic E-state index is 13.7. The van der Waals surface area contributed by atoms with Crippen LogP contribution < -0.4 is 5.32 Å². The van der Waals surface area contributed by atoms with Crippen LogP contribution in [0.2, 0.25) is 5.02 Å². The first-order valence-corrected chi connectivity index (χ1v) is 10.6. The summed E-state index contributed by atoms with van der Waals surface area (Å²) < 4.78 is 15.8. The van der Waals surface area contributed by atoms with E-state index in [1.54, 1.807) is 36.4 Å². The zero-order chi connectivity index (χ0) is 20.1. The fourth-order valence-corrected chi connectivity index (χ4v) is 5.43. The number of nitrogens with zero attached hydrogens (tertiary/aromatic N) is 2. The van der Waals surface area contributed by atoms with Gasteiger partial charge in [0.25, 0.3) is 5.91 Å². The van der Waals surface area contributed by atoms with Crippen molar-refractivity contribution < 1.29 is 9.18 Å². The minimum absolute atomic E-state index is 0.0360. The fraction of sp³-hybridized carbons (Fsp3) is 0.391. The number of hydrogen-bond donors (Lipinski definition) is 1. The van der Waals surface area contributed by atoms with Gasteiger partial charge in [-0.25, -0.2) is 9.37 Å². The van der Waals surface area contributed by atoms with E-state index in [2.05, 4.69) is 21.8 Å². The van der Waals surface area contributed by atoms with Gasteiger partial charge in [-0.3, -0.25) is 4.79 Å². The molecule has 0 aliphatic heterocycles. The van der Waals surface area contributed by atoms with Crippen molar-refractivity contribution in [3.05, 3.63) is 65.2 Å². The molecule has 5 atom stereocenters. The number of carbonyl (C=O) groups excluding carboxylic acids is 1. The van der Waals surface area contributed by atoms with Crippen LogP contribution in [0.25, 0.3) is 11.0 Å². The molecule has 1 amide bonds. The first-order chi connectivity index (χ1) is 14.0. The van der Waals surface area contributed by atoms with E-state index in [-0.39, 0.29) is 17.8 Å². The zero-order valence-electron chi connectivity index (χ0n) is 16.2. The predicted octanol–water partition coefficient (Wildman–Crippen LogP) is 5.23. The average Bonchev–Trinajstić information content (AvgIpc) is 3.06. The van der Waals surface area contributed by atoms with Crippen molar-refractivity contribution in [2.75, 3.05) is 0 Å². The molecule has 1 heterocycles. The fourth-order valence-electron chi connectivity index (χ4n) is 5.30. The van der Waals surface area contributed by atoms with Crippen molar-refractivity contribution in [1.29, 1.82) is 0 Å². The lowest BCUT2D eigenvalue weighted by Crippen LogP contribution is -2.37. The molecule has 29 heavy (non-hydrogen) atoms. The zero-order valence-corrected chi connectivity index (χ0v) is 16.9. The molecule has 2 saturated carbocycles. The van der Waals surface area contributed by atoms with Crippen molar-refractivity contribution in [2.45, 2.75) is 38.3 Å². The van der Waals surface area contributed by atoms with Crippen molar-refractivity contribution in [3.63, 3.8) is 0 Å². The molecule has 0 saturated heterocycles. The van der Waals surface area contributed by atoms with Crippen LogP contribution in [0, 0.1) is 23.6 Å². The Labute approximate surface area is 174 Å². The van der Waals surface area contributed by atoms with Crippen LogP contribution in [-0.4, -0.2) is 21.5 Å². The van der Waals surface area contributed by atoms with E-state index in [0.717, 1.165) is 30.3 Å². The second-order valence-corrected chi connectivity index (χ2v) is 8.75. The molecule has 6 heteroatoms. The lowest BCUT2D eigenvalue weighted by atomic mass is 9.98. The molecule has 0 unspecified atom stereocenters. The summed E-state index contributed by atoms with van der Waals surface area (Å²) in [4.78, 5) is 17.0. The molecule has 2 aliphatic carbocycles. The molecule has 0 bridgehead atoms. The lowest BCUT2D eigenvalue weighted by Gasteiger charge is -2.22. The summed E-state index contributed by atoms with van der Waals surface area (Å²) in [6, 6.07) is 12.3. The van der Waals surface area contributed by atoms with Gasteiger partial charge in [0.15, 0.2) is 0 Å². The summed E-state index contributed by atoms with van der Waals surface area (Å²) in [6.07, 6.45) is 4.88. The van der Waals surface area contributed by atoms with Crippen LogP contribution in [0.15, 0.2) is 48.8 Å². The first kappa shape index (κ1) is 18.6. The Balaban J connectivity index is 1.25. The van der Waals surface area contributed by atoms with Crippen LogP contribution in [0.3, 0.4) is 0 Å². The number of imidazole rings is 1. The second kappa shape index (κ2) is 7.13. The minimum atomic E-state index is -0.226. The third kappa shape index (κ3) is 3.31. The highest BCUT2D eigenvalue weighted by Crippen LogP contribution is 2.62. The molecule has 2 aliphatic rings. The summed E-state index contributed by atoms with van der Waals surface area (Å²) in [5.41, 5.74) is 2.35. The number of nitrogens with one attached hydrogen (secondary N) is 1. The highest BCUT2D eigenvalue weighted by molar-refractivity contribution is 6.30. The lowest BCUT2D eigenvalue weighted by molar-refractivity contribution is 0.0927. The number of fused-ring (bicyclic) bond motifs is 2. The molecule has 2 fully saturated rings. The molecule has 0 radical (unpaired) electrons. The van der Waals surface area contributed by atoms with Crippen LogP contribution in [-0.2, 0) is 0 Å². The molecule has 150 valence electrons. The average molecular weight is 412 g/mol. The molecule has 1 N–H and O–H groups in total. The van der Waals surface area contributed by atoms with E-state index < -0.39 is 0 Å². The molecule has 3 aromatic rings. The maximum Gasteiger partial charge on any atom is 0.251 e. The Morgan fingerprint density at radius 3 is 2.66 bits per heavy atom. The van der Waals surface area contributed by atoms with Crippen molar-refractivity contribution >= 4 is 28.5 Å². The molecule has 5 rings (SSSR count). The van der Waals surface area contributed by atoms with Gasteiger partial charge in [0.1, 0.15) is 5.82 Å². The van der Waals surface area contributed by atoms with Gasteiger partial charge in [0.05, 0.1) is 17.4 Å². The van der Waals surface area contributed by atoms with E-state index in [1.807, 2.05) is 6.33 Å². The van der Waals surface area contributed by atoms with Gasteiger partial charge < -0.3 is 9.88 Å². The summed E-state index contributed by atoms with van der Waals surface area (Å²) in [5, 5.41) is 3.86. The van der Waals surface area contributed by atoms with E-state index in [0.29, 0.717) is 34.4 Å². The van der Waals surface area contributed by atoms with E-state index >= 15 is 0 Å². The van der Waals surface area contributed by atoms with Crippen LogP contribution in [0.4, 0.5) is 4.39 Å². The normalized spacial score (nSPS) is 26.3. The third-order valence-electron chi connectivity index (χ3n) is 6.74. The number of hydrogen-bond acceptors (Lipinski definition) is 2. The Hall–Kier alpha value is -2.40. The van der Waals surface area contributed by atoms with Crippen LogP contribution >= 0.6 is 11.6 Å². The number of carbonyl (C=O) groups is 1. The first-order valence-electron chi connectivity index (χ1n) is 10.2. The Bertz CT molecular complexity index is 1050. The smallest absolute Gasteiger partial charge is 0.251 e. The summed E-state index contributed by atoms with van der Waals surface area (Å²) in [5.74, 6) is 1.49. The summed E-state index contributed by atoms with van der Waals surface area (Å²) >= 11 is 5.92. The summed E-state index contributed by atoms with van der Waals surface area (Å²) in [6.45, 7) is 2.13. The Morgan fingerprint density at radius 1 is 1.24 bits per heavy atom. The van der Waals surface area contributed by atoms with Gasteiger partial charge in [-0.05, 0) is 79.5 Å². The second-order valence-electron chi connectivity index (χ2n) is 8.31. The van der Waals surface area contributed by atoms with E-state index in [9.17, 15) is 9.18 Å². The molecule has 1 aromatic heterocycles. The molecule has 0 spiro atoms. The van der Waals surface area contributed by atoms with Crippen molar-refractivity contribution in [2.24, 2.45) is 17.8 Å². The maximum atomic E-state index is 13.7. The number of amides is 1. The minimum Gasteiger partial charge on any atom is -0.349 e. The highest BCUT2D eigenvalue weighted by atomic mass is 35.5. The Kier molecular flexibility index (Phi) is 4.58. The Morgan fingerprint density at radius 2 is 1.97 bits per heavy atom. The number of benzene rings is 2. The van der Waals surface area contributed by atoms with Gasteiger partial charge in [-0.2, -0.15) is 0 Å². The monoisotopic (exact) mass is 411 g/mol. The van der Waals surface area contributed by atoms with Gasteiger partial charge in [-0.15, -0.1) is 0 Å². The van der Waals surface area contributed by atoms with Crippen LogP contribution in [0.5, 0.6) is 0 Å². The quantitative estimate of drug-likeness (QED) is 0.624. The van der Waals surface area contributed by atoms with Gasteiger partial charge in [0.2, 0.25) is 0 Å². The number of halogens is 2. The molecular formula is C23H23ClFN3O. The third-order valence-corrected chi connectivity index (χ3v) is 7.00. The van der Waals surface area contributed by atoms with E-state index in [1.165, 1.54) is 6.07 Å². The van der Waals surface area contributed by atoms with Crippen molar-refractivity contribution in [3.8, 4) is 0 Å². The number of aromatic nitrogens is 2. The SMILES string of the molecule is CC[C@@H](NC(=O)c1ccc(Cl)cc1)[C@H]1[C@@H]2C[C@@H](n3cnc4ccc(F)cc43)C[C@@H]21. The molecular weight excluding hydrogens is 389 g/mol.